The van der Waals surface area contributed by atoms with Crippen molar-refractivity contribution in [3.63, 3.8) is 0 Å². The van der Waals surface area contributed by atoms with Crippen LogP contribution in [-0.4, -0.2) is 40.1 Å². The SMILES string of the molecule is CC(C)[C@H](NC(=O)N(C)Cc1cccc(C(C)(C)C)n1)C(=O)O. The fourth-order valence-corrected chi connectivity index (χ4v) is 2.06. The molecule has 0 bridgehead atoms. The largest absolute Gasteiger partial charge is 0.480 e. The number of aliphatic carboxylic acids is 1. The summed E-state index contributed by atoms with van der Waals surface area (Å²) in [4.78, 5) is 29.4. The van der Waals surface area contributed by atoms with Gasteiger partial charge in [-0.15, -0.1) is 0 Å². The summed E-state index contributed by atoms with van der Waals surface area (Å²) in [6, 6.07) is 4.41. The lowest BCUT2D eigenvalue weighted by molar-refractivity contribution is -0.140. The van der Waals surface area contributed by atoms with Crippen LogP contribution in [0.2, 0.25) is 0 Å². The van der Waals surface area contributed by atoms with E-state index in [1.807, 2.05) is 18.2 Å². The van der Waals surface area contributed by atoms with E-state index in [1.165, 1.54) is 4.90 Å². The molecule has 0 radical (unpaired) electrons. The lowest BCUT2D eigenvalue weighted by Gasteiger charge is -2.24. The number of carboxylic acid groups (broad SMARTS) is 1. The summed E-state index contributed by atoms with van der Waals surface area (Å²) in [5.41, 5.74) is 1.66. The van der Waals surface area contributed by atoms with Crippen molar-refractivity contribution in [1.29, 1.82) is 0 Å². The van der Waals surface area contributed by atoms with Gasteiger partial charge in [-0.2, -0.15) is 0 Å². The number of carboxylic acids is 1. The van der Waals surface area contributed by atoms with Gasteiger partial charge < -0.3 is 15.3 Å². The minimum atomic E-state index is -1.03. The first kappa shape index (κ1) is 18.9. The van der Waals surface area contributed by atoms with Crippen LogP contribution in [0.25, 0.3) is 0 Å². The quantitative estimate of drug-likeness (QED) is 0.873. The highest BCUT2D eigenvalue weighted by atomic mass is 16.4. The average Bonchev–Trinajstić information content (AvgIpc) is 2.43. The second-order valence-corrected chi connectivity index (χ2v) is 7.13. The summed E-state index contributed by atoms with van der Waals surface area (Å²) in [6.07, 6.45) is 0. The van der Waals surface area contributed by atoms with E-state index in [9.17, 15) is 9.59 Å². The summed E-state index contributed by atoms with van der Waals surface area (Å²) >= 11 is 0. The minimum Gasteiger partial charge on any atom is -0.480 e. The van der Waals surface area contributed by atoms with Crippen molar-refractivity contribution in [1.82, 2.24) is 15.2 Å². The van der Waals surface area contributed by atoms with Gasteiger partial charge in [0.05, 0.1) is 12.2 Å². The van der Waals surface area contributed by atoms with Gasteiger partial charge in [-0.05, 0) is 18.1 Å². The van der Waals surface area contributed by atoms with Gasteiger partial charge in [0.25, 0.3) is 0 Å². The number of rotatable bonds is 5. The molecule has 128 valence electrons. The van der Waals surface area contributed by atoms with Gasteiger partial charge in [-0.1, -0.05) is 40.7 Å². The van der Waals surface area contributed by atoms with Crippen LogP contribution >= 0.6 is 0 Å². The Morgan fingerprint density at radius 3 is 2.39 bits per heavy atom. The highest BCUT2D eigenvalue weighted by molar-refractivity contribution is 5.82. The van der Waals surface area contributed by atoms with Crippen molar-refractivity contribution >= 4 is 12.0 Å². The minimum absolute atomic E-state index is 0.0666. The van der Waals surface area contributed by atoms with E-state index in [2.05, 4.69) is 31.1 Å². The molecule has 0 saturated carbocycles. The van der Waals surface area contributed by atoms with Crippen LogP contribution in [0.5, 0.6) is 0 Å². The van der Waals surface area contributed by atoms with Crippen molar-refractivity contribution in [2.24, 2.45) is 5.92 Å². The van der Waals surface area contributed by atoms with E-state index in [1.54, 1.807) is 20.9 Å². The number of nitrogens with zero attached hydrogens (tertiary/aromatic N) is 2. The van der Waals surface area contributed by atoms with Crippen molar-refractivity contribution < 1.29 is 14.7 Å². The molecule has 1 aromatic heterocycles. The lowest BCUT2D eigenvalue weighted by atomic mass is 9.91. The molecule has 0 aliphatic carbocycles. The Balaban J connectivity index is 2.77. The first-order chi connectivity index (χ1) is 10.5. The molecule has 0 aliphatic heterocycles. The molecule has 1 atom stereocenters. The first-order valence-electron chi connectivity index (χ1n) is 7.73. The number of hydrogen-bond acceptors (Lipinski definition) is 3. The monoisotopic (exact) mass is 321 g/mol. The zero-order valence-electron chi connectivity index (χ0n) is 14.8. The number of hydrogen-bond donors (Lipinski definition) is 2. The summed E-state index contributed by atoms with van der Waals surface area (Å²) in [6.45, 7) is 10.1. The van der Waals surface area contributed by atoms with Crippen molar-refractivity contribution in [3.8, 4) is 0 Å². The first-order valence-corrected chi connectivity index (χ1v) is 7.73. The molecule has 6 heteroatoms. The van der Waals surface area contributed by atoms with E-state index >= 15 is 0 Å². The number of aromatic nitrogens is 1. The Hall–Kier alpha value is -2.11. The Morgan fingerprint density at radius 2 is 1.91 bits per heavy atom. The highest BCUT2D eigenvalue weighted by Crippen LogP contribution is 2.20. The second kappa shape index (κ2) is 7.44. The van der Waals surface area contributed by atoms with Crippen LogP contribution in [0.3, 0.4) is 0 Å². The Kier molecular flexibility index (Phi) is 6.12. The van der Waals surface area contributed by atoms with Crippen molar-refractivity contribution in [3.05, 3.63) is 29.6 Å². The Labute approximate surface area is 137 Å². The highest BCUT2D eigenvalue weighted by Gasteiger charge is 2.25. The Bertz CT molecular complexity index is 564. The van der Waals surface area contributed by atoms with E-state index < -0.39 is 18.0 Å². The third kappa shape index (κ3) is 5.54. The van der Waals surface area contributed by atoms with Gasteiger partial charge >= 0.3 is 12.0 Å². The zero-order chi connectivity index (χ0) is 17.8. The van der Waals surface area contributed by atoms with Gasteiger partial charge in [0.15, 0.2) is 0 Å². The molecule has 0 spiro atoms. The van der Waals surface area contributed by atoms with Gasteiger partial charge in [-0.3, -0.25) is 4.98 Å². The van der Waals surface area contributed by atoms with E-state index in [0.717, 1.165) is 11.4 Å². The summed E-state index contributed by atoms with van der Waals surface area (Å²) in [5.74, 6) is -1.22. The molecule has 1 aromatic rings. The zero-order valence-corrected chi connectivity index (χ0v) is 14.8. The number of carbonyl (C=O) groups is 2. The molecule has 0 aliphatic rings. The summed E-state index contributed by atoms with van der Waals surface area (Å²) < 4.78 is 0. The smallest absolute Gasteiger partial charge is 0.326 e. The fourth-order valence-electron chi connectivity index (χ4n) is 2.06. The molecular weight excluding hydrogens is 294 g/mol. The number of carbonyl (C=O) groups excluding carboxylic acids is 1. The van der Waals surface area contributed by atoms with Crippen LogP contribution < -0.4 is 5.32 Å². The molecule has 1 rings (SSSR count). The average molecular weight is 321 g/mol. The van der Waals surface area contributed by atoms with Crippen LogP contribution in [0.15, 0.2) is 18.2 Å². The van der Waals surface area contributed by atoms with Crippen LogP contribution in [0.4, 0.5) is 4.79 Å². The second-order valence-electron chi connectivity index (χ2n) is 7.13. The molecule has 0 unspecified atom stereocenters. The van der Waals surface area contributed by atoms with E-state index in [-0.39, 0.29) is 11.3 Å². The van der Waals surface area contributed by atoms with Crippen LogP contribution in [-0.2, 0) is 16.8 Å². The number of urea groups is 1. The van der Waals surface area contributed by atoms with Crippen LogP contribution in [0.1, 0.15) is 46.0 Å². The number of pyridine rings is 1. The predicted molar refractivity (Wildman–Crippen MR) is 89.2 cm³/mol. The normalized spacial score (nSPS) is 12.8. The predicted octanol–water partition coefficient (Wildman–Crippen LogP) is 2.63. The standard InChI is InChI=1S/C17H27N3O3/c1-11(2)14(15(21)22)19-16(23)20(6)10-12-8-7-9-13(18-12)17(3,4)5/h7-9,11,14H,10H2,1-6H3,(H,19,23)(H,21,22)/t14-/m0/s1. The Morgan fingerprint density at radius 1 is 1.30 bits per heavy atom. The molecule has 0 aromatic carbocycles. The van der Waals surface area contributed by atoms with Gasteiger partial charge in [-0.25, -0.2) is 9.59 Å². The third-order valence-electron chi connectivity index (χ3n) is 3.53. The van der Waals surface area contributed by atoms with E-state index in [0.29, 0.717) is 6.54 Å². The molecular formula is C17H27N3O3. The van der Waals surface area contributed by atoms with Crippen molar-refractivity contribution in [2.45, 2.75) is 52.6 Å². The molecule has 0 fully saturated rings. The molecule has 23 heavy (non-hydrogen) atoms. The van der Waals surface area contributed by atoms with Crippen LogP contribution in [0, 0.1) is 5.92 Å². The lowest BCUT2D eigenvalue weighted by Crippen LogP contribution is -2.48. The number of nitrogens with one attached hydrogen (secondary N) is 1. The molecule has 0 saturated heterocycles. The van der Waals surface area contributed by atoms with Gasteiger partial charge in [0.1, 0.15) is 6.04 Å². The summed E-state index contributed by atoms with van der Waals surface area (Å²) in [7, 11) is 1.63. The maximum absolute atomic E-state index is 12.2. The van der Waals surface area contributed by atoms with Gasteiger partial charge in [0, 0.05) is 18.2 Å². The van der Waals surface area contributed by atoms with Crippen molar-refractivity contribution in [2.75, 3.05) is 7.05 Å². The third-order valence-corrected chi connectivity index (χ3v) is 3.53. The maximum atomic E-state index is 12.2. The molecule has 2 amide bonds. The molecule has 6 nitrogen and oxygen atoms in total. The fraction of sp³-hybridized carbons (Fsp3) is 0.588. The summed E-state index contributed by atoms with van der Waals surface area (Å²) in [5, 5.41) is 11.7. The van der Waals surface area contributed by atoms with E-state index in [4.69, 9.17) is 5.11 Å². The maximum Gasteiger partial charge on any atom is 0.326 e. The number of amides is 2. The molecule has 1 heterocycles. The topological polar surface area (TPSA) is 82.5 Å². The van der Waals surface area contributed by atoms with Gasteiger partial charge in [0.2, 0.25) is 0 Å². The molecule has 2 N–H and O–H groups in total.